The van der Waals surface area contributed by atoms with Crippen LogP contribution in [-0.2, 0) is 23.1 Å². The molecule has 2 N–H and O–H groups in total. The number of pyridine rings is 1. The lowest BCUT2D eigenvalue weighted by atomic mass is 10.1. The largest absolute Gasteiger partial charge is 0.392 e. The second-order valence-corrected chi connectivity index (χ2v) is 5.46. The van der Waals surface area contributed by atoms with Gasteiger partial charge in [-0.25, -0.2) is 13.1 Å². The van der Waals surface area contributed by atoms with E-state index in [0.29, 0.717) is 13.0 Å². The number of aliphatic hydroxyl groups excluding tert-OH is 1. The molecular formula is C10H16N2O3S. The van der Waals surface area contributed by atoms with Crippen molar-refractivity contribution in [3.63, 3.8) is 0 Å². The van der Waals surface area contributed by atoms with Gasteiger partial charge in [-0.2, -0.15) is 0 Å². The van der Waals surface area contributed by atoms with E-state index in [1.54, 1.807) is 12.4 Å². The van der Waals surface area contributed by atoms with Crippen LogP contribution in [0.25, 0.3) is 0 Å². The first-order valence-corrected chi connectivity index (χ1v) is 6.89. The first-order chi connectivity index (χ1) is 7.51. The molecule has 0 aliphatic carbocycles. The molecule has 0 unspecified atom stereocenters. The molecule has 5 nitrogen and oxygen atoms in total. The zero-order valence-electron chi connectivity index (χ0n) is 9.18. The van der Waals surface area contributed by atoms with Gasteiger partial charge in [0, 0.05) is 18.9 Å². The van der Waals surface area contributed by atoms with E-state index in [4.69, 9.17) is 5.11 Å². The molecule has 0 saturated heterocycles. The molecule has 0 aliphatic rings. The number of aliphatic hydroxyl groups is 1. The lowest BCUT2D eigenvalue weighted by molar-refractivity contribution is 0.281. The Kier molecular flexibility index (Phi) is 4.85. The molecule has 1 rings (SSSR count). The van der Waals surface area contributed by atoms with Crippen LogP contribution in [0.5, 0.6) is 0 Å². The molecule has 0 aliphatic heterocycles. The Bertz CT molecular complexity index is 431. The van der Waals surface area contributed by atoms with Crippen molar-refractivity contribution in [3.8, 4) is 0 Å². The molecule has 0 saturated carbocycles. The van der Waals surface area contributed by atoms with Gasteiger partial charge in [-0.05, 0) is 24.0 Å². The smallest absolute Gasteiger partial charge is 0.208 e. The number of hydrogen-bond acceptors (Lipinski definition) is 4. The van der Waals surface area contributed by atoms with Crippen LogP contribution in [0, 0.1) is 0 Å². The average molecular weight is 244 g/mol. The second kappa shape index (κ2) is 5.93. The van der Waals surface area contributed by atoms with E-state index in [-0.39, 0.29) is 6.61 Å². The monoisotopic (exact) mass is 244 g/mol. The highest BCUT2D eigenvalue weighted by Crippen LogP contribution is 2.05. The lowest BCUT2D eigenvalue weighted by Gasteiger charge is -2.03. The van der Waals surface area contributed by atoms with Gasteiger partial charge in [0.05, 0.1) is 12.9 Å². The van der Waals surface area contributed by atoms with Gasteiger partial charge in [-0.3, -0.25) is 4.98 Å². The SMILES string of the molecule is CS(=O)(=O)NCCCc1cncc(CO)c1. The summed E-state index contributed by atoms with van der Waals surface area (Å²) in [6.07, 6.45) is 5.92. The van der Waals surface area contributed by atoms with Crippen molar-refractivity contribution in [2.45, 2.75) is 19.4 Å². The van der Waals surface area contributed by atoms with Gasteiger partial charge in [0.2, 0.25) is 10.0 Å². The third-order valence-corrected chi connectivity index (χ3v) is 2.77. The summed E-state index contributed by atoms with van der Waals surface area (Å²) in [6.45, 7) is 0.393. The molecule has 0 aromatic carbocycles. The summed E-state index contributed by atoms with van der Waals surface area (Å²) in [4.78, 5) is 3.98. The summed E-state index contributed by atoms with van der Waals surface area (Å²) in [6, 6.07) is 1.87. The minimum Gasteiger partial charge on any atom is -0.392 e. The fraction of sp³-hybridized carbons (Fsp3) is 0.500. The topological polar surface area (TPSA) is 79.3 Å². The Morgan fingerprint density at radius 3 is 2.69 bits per heavy atom. The van der Waals surface area contributed by atoms with Crippen molar-refractivity contribution >= 4 is 10.0 Å². The Morgan fingerprint density at radius 1 is 1.38 bits per heavy atom. The van der Waals surface area contributed by atoms with Gasteiger partial charge in [0.15, 0.2) is 0 Å². The van der Waals surface area contributed by atoms with Crippen LogP contribution in [-0.4, -0.2) is 31.3 Å². The van der Waals surface area contributed by atoms with Crippen LogP contribution >= 0.6 is 0 Å². The molecule has 0 atom stereocenters. The van der Waals surface area contributed by atoms with Crippen molar-refractivity contribution in [2.75, 3.05) is 12.8 Å². The van der Waals surface area contributed by atoms with Gasteiger partial charge in [0.1, 0.15) is 0 Å². The van der Waals surface area contributed by atoms with E-state index >= 15 is 0 Å². The van der Waals surface area contributed by atoms with Gasteiger partial charge in [0.25, 0.3) is 0 Å². The van der Waals surface area contributed by atoms with E-state index in [2.05, 4.69) is 9.71 Å². The highest BCUT2D eigenvalue weighted by molar-refractivity contribution is 7.88. The minimum absolute atomic E-state index is 0.0254. The summed E-state index contributed by atoms with van der Waals surface area (Å²) in [7, 11) is -3.10. The van der Waals surface area contributed by atoms with Crippen molar-refractivity contribution in [1.29, 1.82) is 0 Å². The predicted molar refractivity (Wildman–Crippen MR) is 61.3 cm³/mol. The van der Waals surface area contributed by atoms with E-state index in [1.165, 1.54) is 0 Å². The number of sulfonamides is 1. The molecule has 0 bridgehead atoms. The summed E-state index contributed by atoms with van der Waals surface area (Å²) in [5, 5.41) is 8.91. The highest BCUT2D eigenvalue weighted by Gasteiger charge is 2.00. The average Bonchev–Trinajstić information content (AvgIpc) is 2.23. The van der Waals surface area contributed by atoms with Crippen molar-refractivity contribution in [2.24, 2.45) is 0 Å². The second-order valence-electron chi connectivity index (χ2n) is 3.63. The van der Waals surface area contributed by atoms with E-state index < -0.39 is 10.0 Å². The third-order valence-electron chi connectivity index (χ3n) is 2.04. The maximum absolute atomic E-state index is 10.8. The number of nitrogens with one attached hydrogen (secondary N) is 1. The third kappa shape index (κ3) is 5.20. The molecule has 0 spiro atoms. The van der Waals surface area contributed by atoms with Crippen LogP contribution in [0.15, 0.2) is 18.5 Å². The standard InChI is InChI=1S/C10H16N2O3S/c1-16(14,15)12-4-2-3-9-5-10(8-13)7-11-6-9/h5-7,12-13H,2-4,8H2,1H3. The molecule has 1 heterocycles. The molecule has 1 aromatic heterocycles. The van der Waals surface area contributed by atoms with Crippen LogP contribution in [0.3, 0.4) is 0 Å². The fourth-order valence-electron chi connectivity index (χ4n) is 1.31. The normalized spacial score (nSPS) is 11.6. The first kappa shape index (κ1) is 13.1. The molecule has 16 heavy (non-hydrogen) atoms. The molecule has 1 aromatic rings. The van der Waals surface area contributed by atoms with Crippen molar-refractivity contribution < 1.29 is 13.5 Å². The van der Waals surface area contributed by atoms with Crippen LogP contribution < -0.4 is 4.72 Å². The van der Waals surface area contributed by atoms with Crippen LogP contribution in [0.1, 0.15) is 17.5 Å². The quantitative estimate of drug-likeness (QED) is 0.693. The Balaban J connectivity index is 2.37. The molecule has 90 valence electrons. The minimum atomic E-state index is -3.10. The summed E-state index contributed by atoms with van der Waals surface area (Å²) in [5.41, 5.74) is 1.77. The molecule has 0 amide bonds. The number of nitrogens with zero attached hydrogens (tertiary/aromatic N) is 1. The first-order valence-electron chi connectivity index (χ1n) is 4.99. The van der Waals surface area contributed by atoms with Gasteiger partial charge in [-0.15, -0.1) is 0 Å². The Hall–Kier alpha value is -0.980. The van der Waals surface area contributed by atoms with E-state index in [1.807, 2.05) is 6.07 Å². The van der Waals surface area contributed by atoms with Gasteiger partial charge >= 0.3 is 0 Å². The number of hydrogen-bond donors (Lipinski definition) is 2. The number of rotatable bonds is 6. The zero-order valence-corrected chi connectivity index (χ0v) is 10.00. The summed E-state index contributed by atoms with van der Waals surface area (Å²) in [5.74, 6) is 0. The zero-order chi connectivity index (χ0) is 12.0. The van der Waals surface area contributed by atoms with Gasteiger partial charge in [-0.1, -0.05) is 6.07 Å². The molecule has 0 fully saturated rings. The molecular weight excluding hydrogens is 228 g/mol. The Labute approximate surface area is 95.6 Å². The maximum Gasteiger partial charge on any atom is 0.208 e. The molecule has 6 heteroatoms. The molecule has 0 radical (unpaired) electrons. The predicted octanol–water partition coefficient (Wildman–Crippen LogP) is 0.0557. The maximum atomic E-state index is 10.8. The number of aryl methyl sites for hydroxylation is 1. The summed E-state index contributed by atoms with van der Waals surface area (Å²) >= 11 is 0. The van der Waals surface area contributed by atoms with Crippen LogP contribution in [0.2, 0.25) is 0 Å². The van der Waals surface area contributed by atoms with Crippen molar-refractivity contribution in [1.82, 2.24) is 9.71 Å². The Morgan fingerprint density at radius 2 is 2.06 bits per heavy atom. The number of aromatic nitrogens is 1. The van der Waals surface area contributed by atoms with Crippen LogP contribution in [0.4, 0.5) is 0 Å². The summed E-state index contributed by atoms with van der Waals surface area (Å²) < 4.78 is 24.0. The van der Waals surface area contributed by atoms with Crippen molar-refractivity contribution in [3.05, 3.63) is 29.6 Å². The lowest BCUT2D eigenvalue weighted by Crippen LogP contribution is -2.23. The fourth-order valence-corrected chi connectivity index (χ4v) is 1.83. The van der Waals surface area contributed by atoms with Gasteiger partial charge < -0.3 is 5.11 Å². The highest BCUT2D eigenvalue weighted by atomic mass is 32.2. The van der Waals surface area contributed by atoms with E-state index in [0.717, 1.165) is 23.8 Å². The van der Waals surface area contributed by atoms with E-state index in [9.17, 15) is 8.42 Å².